The van der Waals surface area contributed by atoms with Crippen molar-refractivity contribution in [1.29, 1.82) is 0 Å². The Morgan fingerprint density at radius 3 is 2.60 bits per heavy atom. The molecule has 0 spiro atoms. The van der Waals surface area contributed by atoms with Crippen LogP contribution in [-0.2, 0) is 12.2 Å². The maximum absolute atomic E-state index is 14.4. The number of aromatic nitrogens is 2. The van der Waals surface area contributed by atoms with Crippen molar-refractivity contribution in [2.24, 2.45) is 0 Å². The van der Waals surface area contributed by atoms with E-state index >= 15 is 0 Å². The molecular weight excluding hydrogens is 493 g/mol. The Balaban J connectivity index is 1.62. The molecule has 8 heteroatoms. The summed E-state index contributed by atoms with van der Waals surface area (Å²) < 4.78 is 44.5. The van der Waals surface area contributed by atoms with Crippen molar-refractivity contribution in [3.05, 3.63) is 105 Å². The highest BCUT2D eigenvalue weighted by molar-refractivity contribution is 7.98. The molecule has 1 aliphatic rings. The molecule has 0 bridgehead atoms. The van der Waals surface area contributed by atoms with Gasteiger partial charge < -0.3 is 5.11 Å². The molecule has 4 aromatic rings. The van der Waals surface area contributed by atoms with Gasteiger partial charge in [0.25, 0.3) is 0 Å². The molecule has 0 saturated carbocycles. The van der Waals surface area contributed by atoms with E-state index in [1.165, 1.54) is 23.9 Å². The van der Waals surface area contributed by atoms with Gasteiger partial charge in [0.2, 0.25) is 0 Å². The number of hydrogen-bond donors (Lipinski definition) is 1. The predicted molar refractivity (Wildman–Crippen MR) is 132 cm³/mol. The van der Waals surface area contributed by atoms with Crippen LogP contribution in [0.15, 0.2) is 59.8 Å². The Hall–Kier alpha value is -2.90. The highest BCUT2D eigenvalue weighted by Crippen LogP contribution is 2.42. The highest BCUT2D eigenvalue weighted by Gasteiger charge is 2.30. The minimum atomic E-state index is -0.975. The van der Waals surface area contributed by atoms with Crippen LogP contribution in [-0.4, -0.2) is 14.7 Å². The molecule has 0 saturated heterocycles. The number of aryl methyl sites for hydroxylation is 2. The first kappa shape index (κ1) is 23.8. The van der Waals surface area contributed by atoms with Crippen molar-refractivity contribution < 1.29 is 18.3 Å². The molecule has 1 aromatic heterocycles. The van der Waals surface area contributed by atoms with E-state index < -0.39 is 17.4 Å². The van der Waals surface area contributed by atoms with Crippen LogP contribution in [0.4, 0.5) is 13.2 Å². The summed E-state index contributed by atoms with van der Waals surface area (Å²) in [5.74, 6) is -2.68. The quantitative estimate of drug-likeness (QED) is 0.277. The molecular formula is C27H22ClF3N2OS. The first-order valence-electron chi connectivity index (χ1n) is 11.3. The molecule has 35 heavy (non-hydrogen) atoms. The molecule has 0 aliphatic heterocycles. The van der Waals surface area contributed by atoms with E-state index in [0.717, 1.165) is 59.6 Å². The second-order valence-electron chi connectivity index (χ2n) is 8.64. The number of nitrogens with zero attached hydrogens (tertiary/aromatic N) is 2. The van der Waals surface area contributed by atoms with Crippen LogP contribution < -0.4 is 0 Å². The SMILES string of the molecule is Cc1cc(C2CCCc3nc(SCc4c(F)ccc(O)c4F)n(-c4ccc(F)cc4)c32)ccc1Cl. The maximum Gasteiger partial charge on any atom is 0.173 e. The number of phenolic OH excluding ortho intramolecular Hbond substituents is 1. The van der Waals surface area contributed by atoms with Crippen LogP contribution in [0, 0.1) is 24.4 Å². The standard InChI is InChI=1S/C27H22ClF3N2OS/c1-15-13-16(5-10-21(15)28)19-3-2-4-23-26(19)33(18-8-6-17(29)7-9-18)27(32-23)35-14-20-22(30)11-12-24(34)25(20)31/h5-13,19,34H,2-4,14H2,1H3. The normalized spacial score (nSPS) is 15.3. The van der Waals surface area contributed by atoms with Gasteiger partial charge in [-0.3, -0.25) is 4.57 Å². The lowest BCUT2D eigenvalue weighted by atomic mass is 9.83. The molecule has 0 amide bonds. The third-order valence-corrected chi connectivity index (χ3v) is 7.76. The first-order chi connectivity index (χ1) is 16.8. The van der Waals surface area contributed by atoms with Gasteiger partial charge in [0, 0.05) is 27.9 Å². The smallest absolute Gasteiger partial charge is 0.173 e. The zero-order valence-electron chi connectivity index (χ0n) is 18.9. The van der Waals surface area contributed by atoms with Crippen molar-refractivity contribution in [3.8, 4) is 11.4 Å². The first-order valence-corrected chi connectivity index (χ1v) is 12.6. The van der Waals surface area contributed by atoms with Gasteiger partial charge in [0.15, 0.2) is 16.7 Å². The molecule has 0 fully saturated rings. The van der Waals surface area contributed by atoms with Gasteiger partial charge in [-0.2, -0.15) is 0 Å². The number of imidazole rings is 1. The molecule has 1 aliphatic carbocycles. The van der Waals surface area contributed by atoms with E-state index in [0.29, 0.717) is 10.2 Å². The fourth-order valence-corrected chi connectivity index (χ4v) is 5.77. The van der Waals surface area contributed by atoms with E-state index in [1.807, 2.05) is 23.6 Å². The zero-order chi connectivity index (χ0) is 24.7. The Kier molecular flexibility index (Phi) is 6.55. The molecule has 1 unspecified atom stereocenters. The number of halogens is 4. The van der Waals surface area contributed by atoms with Crippen molar-refractivity contribution >= 4 is 23.4 Å². The lowest BCUT2D eigenvalue weighted by Crippen LogP contribution is -2.15. The minimum Gasteiger partial charge on any atom is -0.505 e. The number of hydrogen-bond acceptors (Lipinski definition) is 3. The van der Waals surface area contributed by atoms with Crippen molar-refractivity contribution in [2.45, 2.75) is 43.0 Å². The summed E-state index contributed by atoms with van der Waals surface area (Å²) in [5.41, 5.74) is 4.50. The van der Waals surface area contributed by atoms with Gasteiger partial charge in [-0.25, -0.2) is 18.2 Å². The third-order valence-electron chi connectivity index (χ3n) is 6.38. The average molecular weight is 515 g/mol. The fraction of sp³-hybridized carbons (Fsp3) is 0.222. The number of rotatable bonds is 5. The van der Waals surface area contributed by atoms with Crippen LogP contribution in [0.2, 0.25) is 5.02 Å². The van der Waals surface area contributed by atoms with Gasteiger partial charge in [-0.05, 0) is 79.8 Å². The Labute approximate surface area is 210 Å². The molecule has 1 heterocycles. The van der Waals surface area contributed by atoms with Gasteiger partial charge in [0.05, 0.1) is 11.4 Å². The number of benzene rings is 3. The monoisotopic (exact) mass is 514 g/mol. The Bertz CT molecular complexity index is 1400. The number of aromatic hydroxyl groups is 1. The van der Waals surface area contributed by atoms with E-state index in [2.05, 4.69) is 6.07 Å². The summed E-state index contributed by atoms with van der Waals surface area (Å²) in [4.78, 5) is 4.86. The van der Waals surface area contributed by atoms with E-state index in [1.54, 1.807) is 12.1 Å². The molecule has 1 N–H and O–H groups in total. The Morgan fingerprint density at radius 1 is 1.09 bits per heavy atom. The summed E-state index contributed by atoms with van der Waals surface area (Å²) >= 11 is 7.44. The Morgan fingerprint density at radius 2 is 1.86 bits per heavy atom. The topological polar surface area (TPSA) is 38.1 Å². The number of phenols is 1. The lowest BCUT2D eigenvalue weighted by molar-refractivity contribution is 0.424. The van der Waals surface area contributed by atoms with Crippen LogP contribution >= 0.6 is 23.4 Å². The van der Waals surface area contributed by atoms with Gasteiger partial charge in [0.1, 0.15) is 11.6 Å². The van der Waals surface area contributed by atoms with Crippen LogP contribution in [0.25, 0.3) is 5.69 Å². The fourth-order valence-electron chi connectivity index (χ4n) is 4.61. The van der Waals surface area contributed by atoms with Crippen LogP contribution in [0.3, 0.4) is 0 Å². The van der Waals surface area contributed by atoms with Crippen LogP contribution in [0.1, 0.15) is 46.8 Å². The van der Waals surface area contributed by atoms with E-state index in [9.17, 15) is 18.3 Å². The molecule has 180 valence electrons. The van der Waals surface area contributed by atoms with E-state index in [4.69, 9.17) is 16.6 Å². The van der Waals surface area contributed by atoms with Crippen LogP contribution in [0.5, 0.6) is 5.75 Å². The number of thioether (sulfide) groups is 1. The average Bonchev–Trinajstić information content (AvgIpc) is 3.22. The van der Waals surface area contributed by atoms with Gasteiger partial charge in [-0.1, -0.05) is 35.5 Å². The minimum absolute atomic E-state index is 0.0378. The van der Waals surface area contributed by atoms with Crippen molar-refractivity contribution in [3.63, 3.8) is 0 Å². The molecule has 1 atom stereocenters. The van der Waals surface area contributed by atoms with E-state index in [-0.39, 0.29) is 23.1 Å². The molecule has 3 aromatic carbocycles. The lowest BCUT2D eigenvalue weighted by Gasteiger charge is -2.25. The second kappa shape index (κ2) is 9.63. The molecule has 0 radical (unpaired) electrons. The second-order valence-corrected chi connectivity index (χ2v) is 9.99. The van der Waals surface area contributed by atoms with Crippen molar-refractivity contribution in [1.82, 2.24) is 9.55 Å². The maximum atomic E-state index is 14.4. The van der Waals surface area contributed by atoms with Gasteiger partial charge >= 0.3 is 0 Å². The third kappa shape index (κ3) is 4.55. The summed E-state index contributed by atoms with van der Waals surface area (Å²) in [5, 5.41) is 11.0. The summed E-state index contributed by atoms with van der Waals surface area (Å²) in [6.45, 7) is 1.96. The number of fused-ring (bicyclic) bond motifs is 1. The van der Waals surface area contributed by atoms with Gasteiger partial charge in [-0.15, -0.1) is 0 Å². The summed E-state index contributed by atoms with van der Waals surface area (Å²) in [6, 6.07) is 14.1. The van der Waals surface area contributed by atoms with Crippen molar-refractivity contribution in [2.75, 3.05) is 0 Å². The molecule has 3 nitrogen and oxygen atoms in total. The molecule has 5 rings (SSSR count). The predicted octanol–water partition coefficient (Wildman–Crippen LogP) is 7.72. The largest absolute Gasteiger partial charge is 0.505 e. The highest BCUT2D eigenvalue weighted by atomic mass is 35.5. The summed E-state index contributed by atoms with van der Waals surface area (Å²) in [7, 11) is 0. The summed E-state index contributed by atoms with van der Waals surface area (Å²) in [6.07, 6.45) is 2.62. The zero-order valence-corrected chi connectivity index (χ0v) is 20.4.